The number of anilines is 2. The van der Waals surface area contributed by atoms with Gasteiger partial charge in [-0.1, -0.05) is 60.7 Å². The molecular weight excluding hydrogens is 420 g/mol. The van der Waals surface area contributed by atoms with E-state index >= 15 is 0 Å². The maximum Gasteiger partial charge on any atom is 0.270 e. The average molecular weight is 443 g/mol. The van der Waals surface area contributed by atoms with E-state index in [9.17, 15) is 4.79 Å². The average Bonchev–Trinajstić information content (AvgIpc) is 2.95. The standard InChI is InChI=1S/C23H23ClN2OS2/c1-14-13-23(2,3)25(4)19-12-18(24)15(10-17(14)19)11-20-21(27)26(22(28)29-20)16-8-6-5-7-9-16/h5-12,14H,13H2,1-4H3/b20-11-/t14-/m1/s1. The second-order valence-electron chi connectivity index (χ2n) is 8.26. The van der Waals surface area contributed by atoms with Crippen LogP contribution in [0.2, 0.25) is 5.02 Å². The maximum absolute atomic E-state index is 13.0. The second kappa shape index (κ2) is 7.46. The highest BCUT2D eigenvalue weighted by Gasteiger charge is 2.36. The van der Waals surface area contributed by atoms with E-state index in [2.05, 4.69) is 38.8 Å². The zero-order valence-electron chi connectivity index (χ0n) is 16.9. The van der Waals surface area contributed by atoms with Crippen LogP contribution in [-0.2, 0) is 4.79 Å². The fourth-order valence-corrected chi connectivity index (χ4v) is 5.63. The number of benzene rings is 2. The molecule has 0 saturated carbocycles. The molecule has 1 atom stereocenters. The number of nitrogens with zero attached hydrogens (tertiary/aromatic N) is 2. The number of hydrogen-bond donors (Lipinski definition) is 0. The smallest absolute Gasteiger partial charge is 0.270 e. The Morgan fingerprint density at radius 1 is 1.24 bits per heavy atom. The summed E-state index contributed by atoms with van der Waals surface area (Å²) in [6.07, 6.45) is 2.94. The molecule has 1 fully saturated rings. The topological polar surface area (TPSA) is 23.6 Å². The van der Waals surface area contributed by atoms with Crippen LogP contribution in [0.4, 0.5) is 11.4 Å². The molecule has 2 aromatic rings. The maximum atomic E-state index is 13.0. The van der Waals surface area contributed by atoms with Crippen LogP contribution in [0.5, 0.6) is 0 Å². The Morgan fingerprint density at radius 2 is 1.93 bits per heavy atom. The highest BCUT2D eigenvalue weighted by molar-refractivity contribution is 8.27. The Morgan fingerprint density at radius 3 is 2.62 bits per heavy atom. The van der Waals surface area contributed by atoms with Crippen molar-refractivity contribution < 1.29 is 4.79 Å². The Balaban J connectivity index is 1.72. The third kappa shape index (κ3) is 3.60. The van der Waals surface area contributed by atoms with E-state index in [1.165, 1.54) is 17.3 Å². The Bertz CT molecular complexity index is 1030. The van der Waals surface area contributed by atoms with E-state index in [1.807, 2.05) is 42.5 Å². The molecule has 0 aliphatic carbocycles. The predicted molar refractivity (Wildman–Crippen MR) is 129 cm³/mol. The van der Waals surface area contributed by atoms with Crippen LogP contribution in [0, 0.1) is 0 Å². The van der Waals surface area contributed by atoms with Crippen molar-refractivity contribution in [1.82, 2.24) is 0 Å². The van der Waals surface area contributed by atoms with Crippen LogP contribution in [0.25, 0.3) is 6.08 Å². The summed E-state index contributed by atoms with van der Waals surface area (Å²) in [5, 5.41) is 0.644. The van der Waals surface area contributed by atoms with Crippen molar-refractivity contribution >= 4 is 63.3 Å². The summed E-state index contributed by atoms with van der Waals surface area (Å²) in [7, 11) is 2.12. The number of thiocarbonyl (C=S) groups is 1. The molecule has 1 saturated heterocycles. The van der Waals surface area contributed by atoms with Crippen molar-refractivity contribution in [1.29, 1.82) is 0 Å². The first-order valence-corrected chi connectivity index (χ1v) is 11.2. The normalized spacial score (nSPS) is 22.4. The molecule has 0 spiro atoms. The zero-order valence-corrected chi connectivity index (χ0v) is 19.3. The number of para-hydroxylation sites is 1. The fourth-order valence-electron chi connectivity index (χ4n) is 4.12. The Labute approximate surface area is 186 Å². The van der Waals surface area contributed by atoms with Gasteiger partial charge in [-0.3, -0.25) is 9.69 Å². The molecule has 2 aromatic carbocycles. The van der Waals surface area contributed by atoms with Crippen molar-refractivity contribution in [2.45, 2.75) is 38.6 Å². The van der Waals surface area contributed by atoms with Crippen molar-refractivity contribution in [2.24, 2.45) is 0 Å². The molecule has 6 heteroatoms. The van der Waals surface area contributed by atoms with Crippen LogP contribution in [0.15, 0.2) is 47.4 Å². The number of halogens is 1. The number of carbonyl (C=O) groups is 1. The van der Waals surface area contributed by atoms with Gasteiger partial charge in [0.25, 0.3) is 5.91 Å². The van der Waals surface area contributed by atoms with Crippen LogP contribution in [-0.4, -0.2) is 22.8 Å². The summed E-state index contributed by atoms with van der Waals surface area (Å²) in [5.41, 5.74) is 4.15. The van der Waals surface area contributed by atoms with Gasteiger partial charge in [0.05, 0.1) is 10.6 Å². The van der Waals surface area contributed by atoms with Crippen molar-refractivity contribution in [3.05, 3.63) is 63.5 Å². The van der Waals surface area contributed by atoms with Gasteiger partial charge < -0.3 is 4.90 Å². The zero-order chi connectivity index (χ0) is 20.9. The number of carbonyl (C=O) groups excluding carboxylic acids is 1. The lowest BCUT2D eigenvalue weighted by molar-refractivity contribution is -0.113. The lowest BCUT2D eigenvalue weighted by atomic mass is 9.80. The first-order valence-electron chi connectivity index (χ1n) is 9.59. The van der Waals surface area contributed by atoms with Crippen molar-refractivity contribution in [2.75, 3.05) is 16.8 Å². The molecule has 0 N–H and O–H groups in total. The fraction of sp³-hybridized carbons (Fsp3) is 0.304. The van der Waals surface area contributed by atoms with E-state index in [0.717, 1.165) is 23.4 Å². The van der Waals surface area contributed by atoms with Gasteiger partial charge in [0.2, 0.25) is 0 Å². The Kier molecular flexibility index (Phi) is 5.26. The quantitative estimate of drug-likeness (QED) is 0.393. The third-order valence-corrected chi connectivity index (χ3v) is 7.48. The van der Waals surface area contributed by atoms with Crippen LogP contribution < -0.4 is 9.80 Å². The SMILES string of the molecule is C[C@@H]1CC(C)(C)N(C)c2cc(Cl)c(/C=C3\SC(=S)N(c4ccccc4)C3=O)cc21. The minimum atomic E-state index is -0.105. The molecule has 2 heterocycles. The Hall–Kier alpha value is -1.82. The predicted octanol–water partition coefficient (Wildman–Crippen LogP) is 6.47. The number of hydrogen-bond acceptors (Lipinski definition) is 4. The molecule has 0 unspecified atom stereocenters. The number of rotatable bonds is 2. The minimum absolute atomic E-state index is 0.0787. The highest BCUT2D eigenvalue weighted by Crippen LogP contribution is 2.45. The van der Waals surface area contributed by atoms with E-state index < -0.39 is 0 Å². The summed E-state index contributed by atoms with van der Waals surface area (Å²) >= 11 is 13.4. The minimum Gasteiger partial charge on any atom is -0.369 e. The first kappa shape index (κ1) is 20.5. The first-order chi connectivity index (χ1) is 13.7. The van der Waals surface area contributed by atoms with Crippen LogP contribution in [0.3, 0.4) is 0 Å². The molecule has 3 nitrogen and oxygen atoms in total. The molecule has 150 valence electrons. The largest absolute Gasteiger partial charge is 0.369 e. The molecule has 1 amide bonds. The van der Waals surface area contributed by atoms with Gasteiger partial charge in [-0.15, -0.1) is 0 Å². The number of amides is 1. The molecule has 2 aliphatic heterocycles. The van der Waals surface area contributed by atoms with Gasteiger partial charge in [-0.2, -0.15) is 0 Å². The van der Waals surface area contributed by atoms with Gasteiger partial charge in [0, 0.05) is 23.3 Å². The summed E-state index contributed by atoms with van der Waals surface area (Å²) in [6.45, 7) is 6.76. The van der Waals surface area contributed by atoms with E-state index in [4.69, 9.17) is 23.8 Å². The van der Waals surface area contributed by atoms with E-state index in [-0.39, 0.29) is 11.4 Å². The number of thioether (sulfide) groups is 1. The molecule has 0 bridgehead atoms. The highest BCUT2D eigenvalue weighted by atomic mass is 35.5. The van der Waals surface area contributed by atoms with E-state index in [0.29, 0.717) is 20.2 Å². The molecule has 4 rings (SSSR count). The summed E-state index contributed by atoms with van der Waals surface area (Å²) in [4.78, 5) is 17.5. The third-order valence-electron chi connectivity index (χ3n) is 5.85. The molecule has 0 aromatic heterocycles. The summed E-state index contributed by atoms with van der Waals surface area (Å²) in [6, 6.07) is 13.6. The van der Waals surface area contributed by atoms with Gasteiger partial charge in [-0.05, 0) is 67.7 Å². The van der Waals surface area contributed by atoms with Crippen LogP contribution in [0.1, 0.15) is 44.2 Å². The van der Waals surface area contributed by atoms with Gasteiger partial charge in [-0.25, -0.2) is 0 Å². The van der Waals surface area contributed by atoms with Crippen molar-refractivity contribution in [3.63, 3.8) is 0 Å². The summed E-state index contributed by atoms with van der Waals surface area (Å²) in [5.74, 6) is 0.311. The molecule has 0 radical (unpaired) electrons. The molecule has 2 aliphatic rings. The lowest BCUT2D eigenvalue weighted by Gasteiger charge is -2.45. The van der Waals surface area contributed by atoms with Gasteiger partial charge in [0.15, 0.2) is 4.32 Å². The number of fused-ring (bicyclic) bond motifs is 1. The molecular formula is C23H23ClN2OS2. The van der Waals surface area contributed by atoms with Gasteiger partial charge >= 0.3 is 0 Å². The monoisotopic (exact) mass is 442 g/mol. The van der Waals surface area contributed by atoms with Crippen LogP contribution >= 0.6 is 35.6 Å². The van der Waals surface area contributed by atoms with E-state index in [1.54, 1.807) is 4.90 Å². The second-order valence-corrected chi connectivity index (χ2v) is 10.3. The van der Waals surface area contributed by atoms with Gasteiger partial charge in [0.1, 0.15) is 0 Å². The summed E-state index contributed by atoms with van der Waals surface area (Å²) < 4.78 is 0.538. The van der Waals surface area contributed by atoms with Crippen molar-refractivity contribution in [3.8, 4) is 0 Å². The lowest BCUT2D eigenvalue weighted by Crippen LogP contribution is -2.45. The molecule has 29 heavy (non-hydrogen) atoms.